The summed E-state index contributed by atoms with van der Waals surface area (Å²) in [6, 6.07) is 5.67. The number of nitrogens with zero attached hydrogens (tertiary/aromatic N) is 1. The smallest absolute Gasteiger partial charge is 0.159 e. The molecule has 2 aromatic rings. The summed E-state index contributed by atoms with van der Waals surface area (Å²) in [6.07, 6.45) is 0. The number of hydrogen-bond acceptors (Lipinski definition) is 3. The number of hydrogen-bond donors (Lipinski definition) is 1. The van der Waals surface area contributed by atoms with E-state index in [1.807, 2.05) is 12.1 Å². The number of fused-ring (bicyclic) bond motifs is 1. The van der Waals surface area contributed by atoms with Crippen LogP contribution in [0.4, 0.5) is 0 Å². The van der Waals surface area contributed by atoms with E-state index in [1.54, 1.807) is 6.07 Å². The van der Waals surface area contributed by atoms with Crippen molar-refractivity contribution < 1.29 is 4.74 Å². The van der Waals surface area contributed by atoms with Gasteiger partial charge in [0.25, 0.3) is 0 Å². The quantitative estimate of drug-likeness (QED) is 0.530. The van der Waals surface area contributed by atoms with Crippen molar-refractivity contribution in [3.63, 3.8) is 0 Å². The van der Waals surface area contributed by atoms with Crippen LogP contribution in [-0.4, -0.2) is 23.7 Å². The SMILES string of the molecule is CC(C)(C)NCCOc1c(Br)cc(Br)c2ccc(Cl)nc12. The van der Waals surface area contributed by atoms with Crippen molar-refractivity contribution in [1.82, 2.24) is 10.3 Å². The molecule has 0 bridgehead atoms. The van der Waals surface area contributed by atoms with Gasteiger partial charge < -0.3 is 10.1 Å². The monoisotopic (exact) mass is 434 g/mol. The molecule has 21 heavy (non-hydrogen) atoms. The zero-order valence-corrected chi connectivity index (χ0v) is 16.1. The first kappa shape index (κ1) is 17.0. The molecule has 0 aliphatic heterocycles. The highest BCUT2D eigenvalue weighted by molar-refractivity contribution is 9.11. The van der Waals surface area contributed by atoms with Crippen molar-refractivity contribution in [3.8, 4) is 5.75 Å². The van der Waals surface area contributed by atoms with Crippen molar-refractivity contribution in [1.29, 1.82) is 0 Å². The maximum Gasteiger partial charge on any atom is 0.159 e. The van der Waals surface area contributed by atoms with Gasteiger partial charge in [0, 0.05) is 21.9 Å². The lowest BCUT2D eigenvalue weighted by molar-refractivity contribution is 0.292. The number of nitrogens with one attached hydrogen (secondary N) is 1. The molecule has 0 spiro atoms. The summed E-state index contributed by atoms with van der Waals surface area (Å²) in [5.41, 5.74) is 0.823. The van der Waals surface area contributed by atoms with E-state index in [0.717, 1.165) is 26.4 Å². The van der Waals surface area contributed by atoms with Crippen molar-refractivity contribution >= 4 is 54.4 Å². The van der Waals surface area contributed by atoms with Gasteiger partial charge in [-0.1, -0.05) is 27.5 Å². The molecule has 0 unspecified atom stereocenters. The van der Waals surface area contributed by atoms with Gasteiger partial charge in [-0.15, -0.1) is 0 Å². The van der Waals surface area contributed by atoms with Gasteiger partial charge in [0.15, 0.2) is 5.75 Å². The van der Waals surface area contributed by atoms with E-state index in [1.165, 1.54) is 0 Å². The topological polar surface area (TPSA) is 34.1 Å². The molecule has 0 saturated carbocycles. The van der Waals surface area contributed by atoms with E-state index in [9.17, 15) is 0 Å². The largest absolute Gasteiger partial charge is 0.489 e. The van der Waals surface area contributed by atoms with E-state index < -0.39 is 0 Å². The minimum Gasteiger partial charge on any atom is -0.489 e. The minimum atomic E-state index is 0.0733. The van der Waals surface area contributed by atoms with Crippen LogP contribution in [0, 0.1) is 0 Å². The van der Waals surface area contributed by atoms with E-state index in [2.05, 4.69) is 62.9 Å². The highest BCUT2D eigenvalue weighted by atomic mass is 79.9. The summed E-state index contributed by atoms with van der Waals surface area (Å²) >= 11 is 13.1. The number of benzene rings is 1. The van der Waals surface area contributed by atoms with Gasteiger partial charge >= 0.3 is 0 Å². The van der Waals surface area contributed by atoms with Crippen LogP contribution in [0.25, 0.3) is 10.9 Å². The molecule has 0 aliphatic carbocycles. The lowest BCUT2D eigenvalue weighted by Gasteiger charge is -2.21. The number of aromatic nitrogens is 1. The maximum absolute atomic E-state index is 6.01. The zero-order chi connectivity index (χ0) is 15.6. The molecule has 0 fully saturated rings. The van der Waals surface area contributed by atoms with E-state index >= 15 is 0 Å². The molecule has 0 atom stereocenters. The van der Waals surface area contributed by atoms with Crippen molar-refractivity contribution in [2.75, 3.05) is 13.2 Å². The fraction of sp³-hybridized carbons (Fsp3) is 0.400. The third kappa shape index (κ3) is 4.55. The molecule has 0 radical (unpaired) electrons. The molecule has 2 rings (SSSR count). The summed E-state index contributed by atoms with van der Waals surface area (Å²) in [5.74, 6) is 0.714. The number of rotatable bonds is 4. The summed E-state index contributed by atoms with van der Waals surface area (Å²) in [5, 5.41) is 4.81. The Hall–Kier alpha value is -0.360. The van der Waals surface area contributed by atoms with Gasteiger partial charge in [-0.2, -0.15) is 0 Å². The zero-order valence-electron chi connectivity index (χ0n) is 12.1. The van der Waals surface area contributed by atoms with Crippen LogP contribution < -0.4 is 10.1 Å². The Balaban J connectivity index is 2.24. The highest BCUT2D eigenvalue weighted by Gasteiger charge is 2.14. The van der Waals surface area contributed by atoms with Gasteiger partial charge in [0.1, 0.15) is 17.3 Å². The summed E-state index contributed by atoms with van der Waals surface area (Å²) in [4.78, 5) is 4.38. The molecule has 1 aromatic heterocycles. The van der Waals surface area contributed by atoms with Crippen LogP contribution in [0.1, 0.15) is 20.8 Å². The number of halogens is 3. The lowest BCUT2D eigenvalue weighted by Crippen LogP contribution is -2.38. The molecule has 1 aromatic carbocycles. The Morgan fingerprint density at radius 2 is 1.95 bits per heavy atom. The Bertz CT molecular complexity index is 656. The van der Waals surface area contributed by atoms with Gasteiger partial charge in [-0.05, 0) is 54.9 Å². The predicted molar refractivity (Wildman–Crippen MR) is 95.4 cm³/mol. The van der Waals surface area contributed by atoms with Crippen LogP contribution in [0.5, 0.6) is 5.75 Å². The molecule has 114 valence electrons. The Morgan fingerprint density at radius 3 is 2.62 bits per heavy atom. The standard InChI is InChI=1S/C15H17Br2ClN2O/c1-15(2,3)19-6-7-21-14-11(17)8-10(16)9-4-5-12(18)20-13(9)14/h4-5,8,19H,6-7H2,1-3H3. The molecule has 6 heteroatoms. The molecule has 0 aliphatic rings. The third-order valence-electron chi connectivity index (χ3n) is 2.81. The van der Waals surface area contributed by atoms with Crippen LogP contribution in [0.3, 0.4) is 0 Å². The Morgan fingerprint density at radius 1 is 1.24 bits per heavy atom. The van der Waals surface area contributed by atoms with Crippen LogP contribution in [0.15, 0.2) is 27.1 Å². The van der Waals surface area contributed by atoms with E-state index in [0.29, 0.717) is 17.5 Å². The first-order chi connectivity index (χ1) is 9.78. The molecule has 1 N–H and O–H groups in total. The van der Waals surface area contributed by atoms with Gasteiger partial charge in [-0.25, -0.2) is 4.98 Å². The summed E-state index contributed by atoms with van der Waals surface area (Å²) in [7, 11) is 0. The third-order valence-corrected chi connectivity index (χ3v) is 4.26. The lowest BCUT2D eigenvalue weighted by atomic mass is 10.1. The first-order valence-corrected chi connectivity index (χ1v) is 8.56. The number of pyridine rings is 1. The summed E-state index contributed by atoms with van der Waals surface area (Å²) < 4.78 is 7.71. The van der Waals surface area contributed by atoms with Crippen LogP contribution in [0.2, 0.25) is 5.15 Å². The van der Waals surface area contributed by atoms with Crippen LogP contribution in [-0.2, 0) is 0 Å². The first-order valence-electron chi connectivity index (χ1n) is 6.60. The predicted octanol–water partition coefficient (Wildman–Crippen LogP) is 5.18. The fourth-order valence-electron chi connectivity index (χ4n) is 1.89. The van der Waals surface area contributed by atoms with Crippen LogP contribution >= 0.6 is 43.5 Å². The maximum atomic E-state index is 6.01. The number of ether oxygens (including phenoxy) is 1. The van der Waals surface area contributed by atoms with E-state index in [-0.39, 0.29) is 5.54 Å². The highest BCUT2D eigenvalue weighted by Crippen LogP contribution is 2.38. The van der Waals surface area contributed by atoms with Gasteiger partial charge in [-0.3, -0.25) is 0 Å². The average Bonchev–Trinajstić information content (AvgIpc) is 2.35. The second-order valence-electron chi connectivity index (χ2n) is 5.72. The van der Waals surface area contributed by atoms with E-state index in [4.69, 9.17) is 16.3 Å². The van der Waals surface area contributed by atoms with Crippen molar-refractivity contribution in [3.05, 3.63) is 32.3 Å². The second-order valence-corrected chi connectivity index (χ2v) is 7.82. The molecular formula is C15H17Br2ClN2O. The average molecular weight is 437 g/mol. The van der Waals surface area contributed by atoms with Crippen molar-refractivity contribution in [2.45, 2.75) is 26.3 Å². The molecule has 3 nitrogen and oxygen atoms in total. The normalized spacial score (nSPS) is 11.9. The summed E-state index contributed by atoms with van der Waals surface area (Å²) in [6.45, 7) is 7.69. The Kier molecular flexibility index (Phi) is 5.52. The van der Waals surface area contributed by atoms with Gasteiger partial charge in [0.05, 0.1) is 4.47 Å². The molecular weight excluding hydrogens is 419 g/mol. The Labute approximate surface area is 146 Å². The minimum absolute atomic E-state index is 0.0733. The van der Waals surface area contributed by atoms with Gasteiger partial charge in [0.2, 0.25) is 0 Å². The fourth-order valence-corrected chi connectivity index (χ4v) is 3.42. The molecule has 0 saturated heterocycles. The molecule has 0 amide bonds. The molecule has 1 heterocycles. The second kappa shape index (κ2) is 6.82. The van der Waals surface area contributed by atoms with Crippen molar-refractivity contribution in [2.24, 2.45) is 0 Å².